The lowest BCUT2D eigenvalue weighted by atomic mass is 10.1. The van der Waals surface area contributed by atoms with Gasteiger partial charge in [-0.3, -0.25) is 24.5 Å². The summed E-state index contributed by atoms with van der Waals surface area (Å²) < 4.78 is 14.0. The van der Waals surface area contributed by atoms with Gasteiger partial charge in [-0.2, -0.15) is 5.10 Å². The lowest BCUT2D eigenvalue weighted by Gasteiger charge is -2.22. The van der Waals surface area contributed by atoms with Gasteiger partial charge in [0.05, 0.1) is 57.3 Å². The van der Waals surface area contributed by atoms with Gasteiger partial charge in [0.1, 0.15) is 11.7 Å². The molecule has 14 nitrogen and oxygen atoms in total. The van der Waals surface area contributed by atoms with Crippen LogP contribution in [0.25, 0.3) is 10.8 Å². The van der Waals surface area contributed by atoms with E-state index in [2.05, 4.69) is 31.4 Å². The van der Waals surface area contributed by atoms with Gasteiger partial charge in [-0.15, -0.1) is 5.10 Å². The highest BCUT2D eigenvalue weighted by Gasteiger charge is 2.30. The molecule has 202 valence electrons. The molecule has 2 aromatic heterocycles. The topological polar surface area (TPSA) is 171 Å². The van der Waals surface area contributed by atoms with Crippen molar-refractivity contribution in [1.82, 2.24) is 35.4 Å². The highest BCUT2D eigenvalue weighted by atomic mass is 16.5. The van der Waals surface area contributed by atoms with Gasteiger partial charge in [0, 0.05) is 31.0 Å². The number of hydrogen-bond donors (Lipinski definition) is 3. The van der Waals surface area contributed by atoms with Crippen LogP contribution in [0, 0.1) is 0 Å². The molecule has 1 atom stereocenters. The third-order valence-corrected chi connectivity index (χ3v) is 5.85. The molecule has 1 fully saturated rings. The van der Waals surface area contributed by atoms with Crippen molar-refractivity contribution in [3.8, 4) is 0 Å². The zero-order valence-electron chi connectivity index (χ0n) is 21.0. The van der Waals surface area contributed by atoms with E-state index in [0.29, 0.717) is 68.2 Å². The summed E-state index contributed by atoms with van der Waals surface area (Å²) in [5.41, 5.74) is 0.888. The molecule has 0 radical (unpaired) electrons. The van der Waals surface area contributed by atoms with E-state index in [1.54, 1.807) is 29.2 Å². The summed E-state index contributed by atoms with van der Waals surface area (Å²) in [6.07, 6.45) is 3.69. The molecule has 14 heteroatoms. The number of amides is 3. The zero-order valence-corrected chi connectivity index (χ0v) is 21.0. The van der Waals surface area contributed by atoms with Crippen molar-refractivity contribution in [2.24, 2.45) is 0 Å². The summed E-state index contributed by atoms with van der Waals surface area (Å²) >= 11 is 0. The molecule has 0 aliphatic carbocycles. The van der Waals surface area contributed by atoms with E-state index in [1.807, 2.05) is 6.07 Å². The van der Waals surface area contributed by atoms with E-state index in [4.69, 9.17) is 9.47 Å². The fraction of sp³-hybridized carbons (Fsp3) is 0.458. The number of nitrogens with one attached hydrogen (secondary N) is 3. The Balaban J connectivity index is 1.19. The molecule has 0 spiro atoms. The maximum absolute atomic E-state index is 13.2. The van der Waals surface area contributed by atoms with Gasteiger partial charge in [0.2, 0.25) is 11.8 Å². The maximum atomic E-state index is 13.2. The van der Waals surface area contributed by atoms with Crippen LogP contribution in [-0.2, 0) is 36.9 Å². The minimum atomic E-state index is -0.823. The average Bonchev–Trinajstić information content (AvgIpc) is 3.35. The monoisotopic (exact) mass is 526 g/mol. The smallest absolute Gasteiger partial charge is 0.277 e. The molecule has 1 aromatic carbocycles. The second-order valence-electron chi connectivity index (χ2n) is 8.67. The summed E-state index contributed by atoms with van der Waals surface area (Å²) in [6, 6.07) is 4.55. The molecule has 1 aliphatic rings. The van der Waals surface area contributed by atoms with Crippen molar-refractivity contribution >= 4 is 34.2 Å². The molecule has 1 unspecified atom stereocenters. The fourth-order valence-corrected chi connectivity index (χ4v) is 3.97. The Morgan fingerprint density at radius 1 is 1.16 bits per heavy atom. The van der Waals surface area contributed by atoms with Gasteiger partial charge in [0.15, 0.2) is 0 Å². The normalized spacial score (nSPS) is 15.4. The van der Waals surface area contributed by atoms with Crippen LogP contribution < -0.4 is 21.5 Å². The summed E-state index contributed by atoms with van der Waals surface area (Å²) in [5.74, 6) is -0.998. The second-order valence-corrected chi connectivity index (χ2v) is 8.67. The van der Waals surface area contributed by atoms with E-state index in [0.717, 1.165) is 4.68 Å². The Morgan fingerprint density at radius 2 is 1.97 bits per heavy atom. The highest BCUT2D eigenvalue weighted by Crippen LogP contribution is 2.21. The van der Waals surface area contributed by atoms with Gasteiger partial charge >= 0.3 is 0 Å². The van der Waals surface area contributed by atoms with Gasteiger partial charge < -0.3 is 20.1 Å². The Labute approximate surface area is 217 Å². The molecule has 3 heterocycles. The molecule has 3 amide bonds. The van der Waals surface area contributed by atoms with Crippen LogP contribution in [0.1, 0.15) is 31.5 Å². The van der Waals surface area contributed by atoms with Crippen molar-refractivity contribution in [1.29, 1.82) is 0 Å². The first-order valence-corrected chi connectivity index (χ1v) is 12.3. The van der Waals surface area contributed by atoms with Gasteiger partial charge in [-0.25, -0.2) is 9.36 Å². The number of nitrogens with zero attached hydrogens (tertiary/aromatic N) is 5. The van der Waals surface area contributed by atoms with E-state index in [-0.39, 0.29) is 24.7 Å². The molecule has 0 saturated carbocycles. The van der Waals surface area contributed by atoms with Crippen LogP contribution in [0.4, 0.5) is 5.69 Å². The molecule has 1 saturated heterocycles. The number of benzene rings is 1. The first-order valence-electron chi connectivity index (χ1n) is 12.3. The van der Waals surface area contributed by atoms with Gasteiger partial charge in [0.25, 0.3) is 11.5 Å². The van der Waals surface area contributed by atoms with Crippen LogP contribution in [0.2, 0.25) is 0 Å². The van der Waals surface area contributed by atoms with Crippen LogP contribution in [-0.4, -0.2) is 75.5 Å². The minimum Gasteiger partial charge on any atom is -0.382 e. The van der Waals surface area contributed by atoms with Crippen LogP contribution in [0.15, 0.2) is 35.4 Å². The summed E-state index contributed by atoms with van der Waals surface area (Å²) in [5, 5.41) is 21.3. The number of piperidine rings is 1. The Bertz CT molecular complexity index is 1350. The van der Waals surface area contributed by atoms with E-state index in [9.17, 15) is 19.2 Å². The number of hydrogen-bond acceptors (Lipinski definition) is 10. The third-order valence-electron chi connectivity index (χ3n) is 5.85. The van der Waals surface area contributed by atoms with E-state index >= 15 is 0 Å². The van der Waals surface area contributed by atoms with Crippen molar-refractivity contribution in [2.45, 2.75) is 38.9 Å². The quantitative estimate of drug-likeness (QED) is 0.199. The first-order chi connectivity index (χ1) is 18.4. The van der Waals surface area contributed by atoms with Gasteiger partial charge in [-0.1, -0.05) is 17.3 Å². The molecule has 3 aromatic rings. The largest absolute Gasteiger partial charge is 0.382 e. The second kappa shape index (κ2) is 12.9. The predicted molar refractivity (Wildman–Crippen MR) is 135 cm³/mol. The lowest BCUT2D eigenvalue weighted by molar-refractivity contribution is -0.136. The number of aromatic nitrogens is 5. The first kappa shape index (κ1) is 26.9. The SMILES string of the molecule is CC(=O)NCc1cn(CCOCCOCCNc2cccc3cnn(C4CCC(=O)NC4=O)c(=O)c23)nn1. The van der Waals surface area contributed by atoms with Crippen LogP contribution >= 0.6 is 0 Å². The Hall–Kier alpha value is -4.17. The molecular formula is C24H30N8O6. The highest BCUT2D eigenvalue weighted by molar-refractivity contribution is 5.99. The molecule has 38 heavy (non-hydrogen) atoms. The average molecular weight is 527 g/mol. The van der Waals surface area contributed by atoms with Crippen LogP contribution in [0.3, 0.4) is 0 Å². The number of anilines is 1. The Kier molecular flexibility index (Phi) is 9.11. The van der Waals surface area contributed by atoms with Crippen molar-refractivity contribution < 1.29 is 23.9 Å². The number of carbonyl (C=O) groups is 3. The number of fused-ring (bicyclic) bond motifs is 1. The van der Waals surface area contributed by atoms with Crippen molar-refractivity contribution in [3.05, 3.63) is 46.6 Å². The summed E-state index contributed by atoms with van der Waals surface area (Å²) in [6.45, 7) is 4.40. The molecule has 4 rings (SSSR count). The maximum Gasteiger partial charge on any atom is 0.277 e. The Morgan fingerprint density at radius 3 is 2.76 bits per heavy atom. The number of carbonyl (C=O) groups excluding carboxylic acids is 3. The molecule has 1 aliphatic heterocycles. The minimum absolute atomic E-state index is 0.124. The molecule has 0 bridgehead atoms. The van der Waals surface area contributed by atoms with Crippen molar-refractivity contribution in [2.75, 3.05) is 38.3 Å². The standard InChI is InChI=1S/C24H30N8O6/c1-16(33)26-14-18-15-31(30-29-18)8-10-38-12-11-37-9-7-25-19-4-2-3-17-13-27-32(24(36)22(17)19)20-5-6-21(34)28-23(20)35/h2-4,13,15,20,25H,5-12,14H2,1H3,(H,26,33)(H,28,34,35). The van der Waals surface area contributed by atoms with E-state index in [1.165, 1.54) is 6.92 Å². The number of rotatable bonds is 13. The number of imide groups is 1. The number of ether oxygens (including phenoxy) is 2. The molecular weight excluding hydrogens is 496 g/mol. The zero-order chi connectivity index (χ0) is 26.9. The van der Waals surface area contributed by atoms with Gasteiger partial charge in [-0.05, 0) is 12.5 Å². The fourth-order valence-electron chi connectivity index (χ4n) is 3.97. The predicted octanol–water partition coefficient (Wildman–Crippen LogP) is -0.253. The van der Waals surface area contributed by atoms with Crippen molar-refractivity contribution in [3.63, 3.8) is 0 Å². The summed E-state index contributed by atoms with van der Waals surface area (Å²) in [7, 11) is 0. The third kappa shape index (κ3) is 6.98. The van der Waals surface area contributed by atoms with E-state index < -0.39 is 17.5 Å². The molecule has 3 N–H and O–H groups in total. The lowest BCUT2D eigenvalue weighted by Crippen LogP contribution is -2.45. The summed E-state index contributed by atoms with van der Waals surface area (Å²) in [4.78, 5) is 47.8. The van der Waals surface area contributed by atoms with Crippen LogP contribution in [0.5, 0.6) is 0 Å².